The van der Waals surface area contributed by atoms with Gasteiger partial charge in [0.15, 0.2) is 0 Å². The predicted octanol–water partition coefficient (Wildman–Crippen LogP) is 2.72. The zero-order valence-corrected chi connectivity index (χ0v) is 8.87. The van der Waals surface area contributed by atoms with Crippen LogP contribution in [0.2, 0.25) is 5.02 Å². The van der Waals surface area contributed by atoms with Crippen LogP contribution in [0.1, 0.15) is 17.2 Å². The molecule has 2 N–H and O–H groups in total. The Morgan fingerprint density at radius 1 is 1.62 bits per heavy atom. The molecule has 0 aromatic heterocycles. The van der Waals surface area contributed by atoms with Gasteiger partial charge in [0.25, 0.3) is 0 Å². The number of hydrogen-bond acceptors (Lipinski definition) is 2. The molecule has 0 aliphatic rings. The van der Waals surface area contributed by atoms with Gasteiger partial charge in [0.05, 0.1) is 0 Å². The molecule has 0 saturated carbocycles. The first-order valence-electron chi connectivity index (χ1n) is 3.88. The standard InChI is InChI=1S/C9H11ClFNS/c1-5-2-7(10)6(3-8(5)11)9(12)4-13/h2-3,9,13H,4,12H2,1H3. The van der Waals surface area contributed by atoms with Gasteiger partial charge in [0, 0.05) is 16.8 Å². The highest BCUT2D eigenvalue weighted by molar-refractivity contribution is 7.80. The predicted molar refractivity (Wildman–Crippen MR) is 56.9 cm³/mol. The van der Waals surface area contributed by atoms with Gasteiger partial charge in [-0.25, -0.2) is 4.39 Å². The summed E-state index contributed by atoms with van der Waals surface area (Å²) in [7, 11) is 0. The second-order valence-electron chi connectivity index (χ2n) is 2.91. The van der Waals surface area contributed by atoms with Gasteiger partial charge in [-0.1, -0.05) is 11.6 Å². The summed E-state index contributed by atoms with van der Waals surface area (Å²) in [6.07, 6.45) is 0. The summed E-state index contributed by atoms with van der Waals surface area (Å²) in [5.41, 5.74) is 6.83. The van der Waals surface area contributed by atoms with Crippen LogP contribution < -0.4 is 5.73 Å². The Morgan fingerprint density at radius 3 is 2.77 bits per heavy atom. The average Bonchev–Trinajstić information content (AvgIpc) is 2.10. The molecule has 0 fully saturated rings. The Hall–Kier alpha value is -0.250. The van der Waals surface area contributed by atoms with E-state index in [4.69, 9.17) is 17.3 Å². The van der Waals surface area contributed by atoms with E-state index >= 15 is 0 Å². The van der Waals surface area contributed by atoms with E-state index in [0.717, 1.165) is 0 Å². The quantitative estimate of drug-likeness (QED) is 0.735. The maximum Gasteiger partial charge on any atom is 0.126 e. The van der Waals surface area contributed by atoms with Crippen LogP contribution in [0.15, 0.2) is 12.1 Å². The topological polar surface area (TPSA) is 26.0 Å². The fourth-order valence-electron chi connectivity index (χ4n) is 1.04. The van der Waals surface area contributed by atoms with Gasteiger partial charge in [0.1, 0.15) is 5.82 Å². The van der Waals surface area contributed by atoms with Gasteiger partial charge >= 0.3 is 0 Å². The molecule has 1 aromatic carbocycles. The monoisotopic (exact) mass is 219 g/mol. The zero-order valence-electron chi connectivity index (χ0n) is 7.22. The van der Waals surface area contributed by atoms with Crippen LogP contribution in [0, 0.1) is 12.7 Å². The first kappa shape index (κ1) is 10.8. The van der Waals surface area contributed by atoms with Crippen LogP contribution in [-0.4, -0.2) is 5.75 Å². The summed E-state index contributed by atoms with van der Waals surface area (Å²) in [5.74, 6) is 0.166. The minimum atomic E-state index is -0.314. The number of rotatable bonds is 2. The zero-order chi connectivity index (χ0) is 10.0. The van der Waals surface area contributed by atoms with Gasteiger partial charge in [-0.05, 0) is 30.2 Å². The highest BCUT2D eigenvalue weighted by atomic mass is 35.5. The van der Waals surface area contributed by atoms with Gasteiger partial charge in [-0.2, -0.15) is 12.6 Å². The molecule has 1 atom stereocenters. The minimum Gasteiger partial charge on any atom is -0.323 e. The fourth-order valence-corrected chi connectivity index (χ4v) is 1.60. The molecule has 0 bridgehead atoms. The first-order valence-corrected chi connectivity index (χ1v) is 4.89. The SMILES string of the molecule is Cc1cc(Cl)c(C(N)CS)cc1F. The Balaban J connectivity index is 3.15. The van der Waals surface area contributed by atoms with E-state index in [9.17, 15) is 4.39 Å². The van der Waals surface area contributed by atoms with Crippen LogP contribution >= 0.6 is 24.2 Å². The highest BCUT2D eigenvalue weighted by Gasteiger charge is 2.11. The number of hydrogen-bond donors (Lipinski definition) is 2. The molecule has 0 radical (unpaired) electrons. The van der Waals surface area contributed by atoms with E-state index in [2.05, 4.69) is 12.6 Å². The van der Waals surface area contributed by atoms with Crippen LogP contribution in [0.25, 0.3) is 0 Å². The molecule has 1 aromatic rings. The maximum atomic E-state index is 13.1. The van der Waals surface area contributed by atoms with Crippen molar-refractivity contribution in [2.24, 2.45) is 5.73 Å². The fraction of sp³-hybridized carbons (Fsp3) is 0.333. The van der Waals surface area contributed by atoms with Gasteiger partial charge < -0.3 is 5.73 Å². The number of thiol groups is 1. The number of nitrogens with two attached hydrogens (primary N) is 1. The van der Waals surface area contributed by atoms with E-state index in [1.807, 2.05) is 0 Å². The number of halogens is 2. The molecule has 0 heterocycles. The Bertz CT molecular complexity index is 317. The Labute approximate surface area is 87.5 Å². The molecule has 0 aliphatic heterocycles. The van der Waals surface area contributed by atoms with Crippen molar-refractivity contribution in [3.8, 4) is 0 Å². The van der Waals surface area contributed by atoms with E-state index in [-0.39, 0.29) is 11.9 Å². The third-order valence-corrected chi connectivity index (χ3v) is 2.59. The molecular formula is C9H11ClFNS. The van der Waals surface area contributed by atoms with E-state index in [0.29, 0.717) is 21.9 Å². The van der Waals surface area contributed by atoms with Crippen LogP contribution in [0.5, 0.6) is 0 Å². The molecule has 0 aliphatic carbocycles. The number of benzene rings is 1. The smallest absolute Gasteiger partial charge is 0.126 e. The maximum absolute atomic E-state index is 13.1. The van der Waals surface area contributed by atoms with Gasteiger partial charge in [0.2, 0.25) is 0 Å². The van der Waals surface area contributed by atoms with Crippen molar-refractivity contribution in [1.29, 1.82) is 0 Å². The number of aryl methyl sites for hydroxylation is 1. The van der Waals surface area contributed by atoms with Crippen LogP contribution in [-0.2, 0) is 0 Å². The van der Waals surface area contributed by atoms with Crippen molar-refractivity contribution in [3.05, 3.63) is 34.1 Å². The van der Waals surface area contributed by atoms with Crippen LogP contribution in [0.4, 0.5) is 4.39 Å². The van der Waals surface area contributed by atoms with Crippen molar-refractivity contribution < 1.29 is 4.39 Å². The Morgan fingerprint density at radius 2 is 2.23 bits per heavy atom. The van der Waals surface area contributed by atoms with Crippen molar-refractivity contribution >= 4 is 24.2 Å². The third kappa shape index (κ3) is 2.36. The first-order chi connectivity index (χ1) is 6.06. The van der Waals surface area contributed by atoms with Gasteiger partial charge in [-0.15, -0.1) is 0 Å². The summed E-state index contributed by atoms with van der Waals surface area (Å²) < 4.78 is 13.1. The lowest BCUT2D eigenvalue weighted by atomic mass is 10.1. The average molecular weight is 220 g/mol. The second kappa shape index (κ2) is 4.31. The lowest BCUT2D eigenvalue weighted by Crippen LogP contribution is -2.12. The molecule has 13 heavy (non-hydrogen) atoms. The lowest BCUT2D eigenvalue weighted by Gasteiger charge is -2.11. The van der Waals surface area contributed by atoms with Crippen molar-refractivity contribution in [1.82, 2.24) is 0 Å². The molecule has 4 heteroatoms. The van der Waals surface area contributed by atoms with Crippen molar-refractivity contribution in [2.45, 2.75) is 13.0 Å². The largest absolute Gasteiger partial charge is 0.323 e. The molecule has 0 saturated heterocycles. The molecular weight excluding hydrogens is 209 g/mol. The lowest BCUT2D eigenvalue weighted by molar-refractivity contribution is 0.613. The van der Waals surface area contributed by atoms with Crippen molar-refractivity contribution in [3.63, 3.8) is 0 Å². The molecule has 0 spiro atoms. The summed E-state index contributed by atoms with van der Waals surface area (Å²) >= 11 is 9.92. The molecule has 0 amide bonds. The van der Waals surface area contributed by atoms with Gasteiger partial charge in [-0.3, -0.25) is 0 Å². The molecule has 1 unspecified atom stereocenters. The third-order valence-electron chi connectivity index (χ3n) is 1.87. The molecule has 1 rings (SSSR count). The summed E-state index contributed by atoms with van der Waals surface area (Å²) in [6, 6.07) is 2.64. The molecule has 72 valence electrons. The summed E-state index contributed by atoms with van der Waals surface area (Å²) in [4.78, 5) is 0. The summed E-state index contributed by atoms with van der Waals surface area (Å²) in [5, 5.41) is 0.500. The Kier molecular flexibility index (Phi) is 3.59. The highest BCUT2D eigenvalue weighted by Crippen LogP contribution is 2.25. The van der Waals surface area contributed by atoms with E-state index in [1.165, 1.54) is 6.07 Å². The normalized spacial score (nSPS) is 13.0. The second-order valence-corrected chi connectivity index (χ2v) is 3.68. The van der Waals surface area contributed by atoms with E-state index < -0.39 is 0 Å². The minimum absolute atomic E-state index is 0.281. The van der Waals surface area contributed by atoms with Crippen LogP contribution in [0.3, 0.4) is 0 Å². The summed E-state index contributed by atoms with van der Waals surface area (Å²) in [6.45, 7) is 1.66. The van der Waals surface area contributed by atoms with E-state index in [1.54, 1.807) is 13.0 Å². The van der Waals surface area contributed by atoms with Crippen molar-refractivity contribution in [2.75, 3.05) is 5.75 Å². The molecule has 1 nitrogen and oxygen atoms in total.